The minimum atomic E-state index is -0.999. The molecule has 1 aromatic carbocycles. The molecular weight excluding hydrogens is 150 g/mol. The Morgan fingerprint density at radius 3 is 2.40 bits per heavy atom. The number of benzene rings is 1. The number of rotatable bonds is 1. The third-order valence-electron chi connectivity index (χ3n) is 1.25. The van der Waals surface area contributed by atoms with Crippen LogP contribution in [0, 0.1) is 0 Å². The highest BCUT2D eigenvalue weighted by atomic mass is 35.5. The Bertz CT molecular complexity index is 225. The predicted octanol–water partition coefficient (Wildman–Crippen LogP) is 1.50. The highest BCUT2D eigenvalue weighted by Crippen LogP contribution is 2.22. The van der Waals surface area contributed by atoms with E-state index in [0.29, 0.717) is 11.3 Å². The fraction of sp³-hybridized carbons (Fsp3) is 0.143. The average Bonchev–Trinajstić information content (AvgIpc) is 1.88. The van der Waals surface area contributed by atoms with Gasteiger partial charge in [-0.05, 0) is 6.07 Å². The molecule has 1 atom stereocenters. The van der Waals surface area contributed by atoms with Crippen molar-refractivity contribution in [3.8, 4) is 0 Å². The molecule has 1 unspecified atom stereocenters. The molecule has 3 N–H and O–H groups in total. The first-order valence-corrected chi connectivity index (χ1v) is 3.32. The molecule has 0 aliphatic rings. The molecule has 0 saturated carbocycles. The lowest BCUT2D eigenvalue weighted by atomic mass is 10.2. The Labute approximate surface area is 64.2 Å². The number of hydrogen-bond acceptors (Lipinski definition) is 2. The molecule has 0 bridgehead atoms. The van der Waals surface area contributed by atoms with E-state index >= 15 is 0 Å². The molecule has 54 valence electrons. The Kier molecular flexibility index (Phi) is 2.14. The lowest BCUT2D eigenvalue weighted by Gasteiger charge is -2.04. The van der Waals surface area contributed by atoms with Gasteiger partial charge in [0.2, 0.25) is 0 Å². The van der Waals surface area contributed by atoms with E-state index in [1.54, 1.807) is 24.3 Å². The van der Waals surface area contributed by atoms with Gasteiger partial charge in [0.15, 0.2) is 5.56 Å². The van der Waals surface area contributed by atoms with Gasteiger partial charge in [0.25, 0.3) is 0 Å². The second kappa shape index (κ2) is 2.90. The summed E-state index contributed by atoms with van der Waals surface area (Å²) in [5, 5.41) is 8.89. The molecule has 1 aromatic rings. The fourth-order valence-electron chi connectivity index (χ4n) is 0.728. The van der Waals surface area contributed by atoms with Crippen LogP contribution in [0.1, 0.15) is 11.1 Å². The van der Waals surface area contributed by atoms with Crippen molar-refractivity contribution < 1.29 is 5.11 Å². The lowest BCUT2D eigenvalue weighted by Crippen LogP contribution is -1.95. The molecule has 1 rings (SSSR count). The SMILES string of the molecule is Nc1ccccc1C(O)Cl. The maximum atomic E-state index is 8.89. The van der Waals surface area contributed by atoms with E-state index in [1.807, 2.05) is 0 Å². The number of alkyl halides is 1. The van der Waals surface area contributed by atoms with E-state index < -0.39 is 5.56 Å². The molecule has 0 radical (unpaired) electrons. The Balaban J connectivity index is 3.03. The standard InChI is InChI=1S/C7H8ClNO/c8-7(10)5-3-1-2-4-6(5)9/h1-4,7,10H,9H2. The Hall–Kier alpha value is -0.730. The van der Waals surface area contributed by atoms with E-state index in [2.05, 4.69) is 0 Å². The summed E-state index contributed by atoms with van der Waals surface area (Å²) in [4.78, 5) is 0. The van der Waals surface area contributed by atoms with Crippen LogP contribution >= 0.6 is 11.6 Å². The Morgan fingerprint density at radius 1 is 1.40 bits per heavy atom. The van der Waals surface area contributed by atoms with Crippen molar-refractivity contribution in [3.05, 3.63) is 29.8 Å². The van der Waals surface area contributed by atoms with Crippen LogP contribution < -0.4 is 5.73 Å². The molecule has 0 fully saturated rings. The van der Waals surface area contributed by atoms with Crippen LogP contribution in [0.3, 0.4) is 0 Å². The molecule has 0 aromatic heterocycles. The van der Waals surface area contributed by atoms with Gasteiger partial charge in [-0.15, -0.1) is 0 Å². The van der Waals surface area contributed by atoms with Gasteiger partial charge < -0.3 is 10.8 Å². The molecule has 0 spiro atoms. The highest BCUT2D eigenvalue weighted by molar-refractivity contribution is 6.20. The van der Waals surface area contributed by atoms with Gasteiger partial charge in [-0.3, -0.25) is 0 Å². The van der Waals surface area contributed by atoms with Crippen LogP contribution in [0.25, 0.3) is 0 Å². The smallest absolute Gasteiger partial charge is 0.155 e. The van der Waals surface area contributed by atoms with Crippen LogP contribution in [0.5, 0.6) is 0 Å². The van der Waals surface area contributed by atoms with Crippen molar-refractivity contribution in [1.82, 2.24) is 0 Å². The minimum absolute atomic E-state index is 0.519. The first kappa shape index (κ1) is 7.38. The summed E-state index contributed by atoms with van der Waals surface area (Å²) < 4.78 is 0. The fourth-order valence-corrected chi connectivity index (χ4v) is 0.927. The number of nitrogen functional groups attached to an aromatic ring is 1. The van der Waals surface area contributed by atoms with Gasteiger partial charge in [0.1, 0.15) is 0 Å². The van der Waals surface area contributed by atoms with Gasteiger partial charge in [-0.25, -0.2) is 0 Å². The van der Waals surface area contributed by atoms with E-state index in [-0.39, 0.29) is 0 Å². The monoisotopic (exact) mass is 157 g/mol. The van der Waals surface area contributed by atoms with Crippen LogP contribution in [0.15, 0.2) is 24.3 Å². The number of aliphatic hydroxyl groups excluding tert-OH is 1. The van der Waals surface area contributed by atoms with Crippen LogP contribution in [0.2, 0.25) is 0 Å². The summed E-state index contributed by atoms with van der Waals surface area (Å²) in [6, 6.07) is 6.95. The summed E-state index contributed by atoms with van der Waals surface area (Å²) in [6.07, 6.45) is 0. The van der Waals surface area contributed by atoms with Crippen molar-refractivity contribution in [2.75, 3.05) is 5.73 Å². The Morgan fingerprint density at radius 2 is 2.00 bits per heavy atom. The highest BCUT2D eigenvalue weighted by Gasteiger charge is 2.04. The molecule has 10 heavy (non-hydrogen) atoms. The van der Waals surface area contributed by atoms with Crippen LogP contribution in [-0.2, 0) is 0 Å². The van der Waals surface area contributed by atoms with Crippen molar-refractivity contribution >= 4 is 17.3 Å². The van der Waals surface area contributed by atoms with Gasteiger partial charge in [0, 0.05) is 11.3 Å². The van der Waals surface area contributed by atoms with Gasteiger partial charge in [-0.1, -0.05) is 29.8 Å². The molecule has 2 nitrogen and oxygen atoms in total. The van der Waals surface area contributed by atoms with Crippen molar-refractivity contribution in [2.45, 2.75) is 5.56 Å². The zero-order valence-corrected chi connectivity index (χ0v) is 6.05. The minimum Gasteiger partial charge on any atom is -0.398 e. The number of hydrogen-bond donors (Lipinski definition) is 2. The maximum Gasteiger partial charge on any atom is 0.155 e. The average molecular weight is 158 g/mol. The maximum absolute atomic E-state index is 8.89. The number of nitrogens with two attached hydrogens (primary N) is 1. The molecule has 0 heterocycles. The largest absolute Gasteiger partial charge is 0.398 e. The third-order valence-corrected chi connectivity index (χ3v) is 1.49. The third kappa shape index (κ3) is 1.40. The zero-order chi connectivity index (χ0) is 7.56. The van der Waals surface area contributed by atoms with E-state index in [4.69, 9.17) is 22.4 Å². The topological polar surface area (TPSA) is 46.2 Å². The summed E-state index contributed by atoms with van der Waals surface area (Å²) in [6.45, 7) is 0. The van der Waals surface area contributed by atoms with Gasteiger partial charge >= 0.3 is 0 Å². The molecule has 0 aliphatic heterocycles. The van der Waals surface area contributed by atoms with Crippen molar-refractivity contribution in [1.29, 1.82) is 0 Å². The van der Waals surface area contributed by atoms with Crippen LogP contribution in [-0.4, -0.2) is 5.11 Å². The van der Waals surface area contributed by atoms with Gasteiger partial charge in [-0.2, -0.15) is 0 Å². The molecular formula is C7H8ClNO. The summed E-state index contributed by atoms with van der Waals surface area (Å²) in [5.41, 5.74) is 5.56. The van der Waals surface area contributed by atoms with E-state index in [0.717, 1.165) is 0 Å². The number of halogens is 1. The molecule has 3 heteroatoms. The summed E-state index contributed by atoms with van der Waals surface area (Å²) in [5.74, 6) is 0. The molecule has 0 aliphatic carbocycles. The normalized spacial score (nSPS) is 13.0. The van der Waals surface area contributed by atoms with Crippen LogP contribution in [0.4, 0.5) is 5.69 Å². The number of aliphatic hydroxyl groups is 1. The van der Waals surface area contributed by atoms with E-state index in [9.17, 15) is 0 Å². The molecule has 0 amide bonds. The lowest BCUT2D eigenvalue weighted by molar-refractivity contribution is 0.263. The van der Waals surface area contributed by atoms with Crippen molar-refractivity contribution in [2.24, 2.45) is 0 Å². The first-order valence-electron chi connectivity index (χ1n) is 2.88. The summed E-state index contributed by atoms with van der Waals surface area (Å²) in [7, 11) is 0. The zero-order valence-electron chi connectivity index (χ0n) is 5.29. The number of para-hydroxylation sites is 1. The summed E-state index contributed by atoms with van der Waals surface area (Å²) >= 11 is 5.38. The van der Waals surface area contributed by atoms with E-state index in [1.165, 1.54) is 0 Å². The van der Waals surface area contributed by atoms with Crippen molar-refractivity contribution in [3.63, 3.8) is 0 Å². The molecule has 0 saturated heterocycles. The van der Waals surface area contributed by atoms with Gasteiger partial charge in [0.05, 0.1) is 0 Å². The second-order valence-corrected chi connectivity index (χ2v) is 2.38. The first-order chi connectivity index (χ1) is 4.72. The second-order valence-electron chi connectivity index (χ2n) is 1.96. The quantitative estimate of drug-likeness (QED) is 0.480. The number of anilines is 1. The predicted molar refractivity (Wildman–Crippen MR) is 41.7 cm³/mol.